The lowest BCUT2D eigenvalue weighted by atomic mass is 10.1. The summed E-state index contributed by atoms with van der Waals surface area (Å²) in [6.07, 6.45) is 4.62. The molecule has 1 aromatic heterocycles. The first-order chi connectivity index (χ1) is 7.42. The third kappa shape index (κ3) is 2.07. The SMILES string of the molecule is c1csc(CN2CCN3CCC2CC3)n1. The summed E-state index contributed by atoms with van der Waals surface area (Å²) in [6, 6.07) is 0.813. The molecule has 15 heavy (non-hydrogen) atoms. The third-order valence-corrected chi connectivity index (χ3v) is 4.36. The van der Waals surface area contributed by atoms with Crippen LogP contribution in [0.15, 0.2) is 11.6 Å². The molecule has 3 saturated heterocycles. The van der Waals surface area contributed by atoms with Crippen molar-refractivity contribution in [3.63, 3.8) is 0 Å². The normalized spacial score (nSPS) is 31.7. The highest BCUT2D eigenvalue weighted by molar-refractivity contribution is 7.09. The summed E-state index contributed by atoms with van der Waals surface area (Å²) in [7, 11) is 0. The Morgan fingerprint density at radius 2 is 2.13 bits per heavy atom. The average molecular weight is 223 g/mol. The number of nitrogens with zero attached hydrogens (tertiary/aromatic N) is 3. The van der Waals surface area contributed by atoms with Gasteiger partial charge in [0.2, 0.25) is 0 Å². The molecule has 4 heterocycles. The Kier molecular flexibility index (Phi) is 2.73. The van der Waals surface area contributed by atoms with Gasteiger partial charge in [-0.25, -0.2) is 4.98 Å². The van der Waals surface area contributed by atoms with Gasteiger partial charge in [0.05, 0.1) is 6.54 Å². The zero-order chi connectivity index (χ0) is 10.1. The molecule has 1 aromatic rings. The van der Waals surface area contributed by atoms with E-state index in [1.807, 2.05) is 6.20 Å². The van der Waals surface area contributed by atoms with E-state index in [-0.39, 0.29) is 0 Å². The molecule has 3 aliphatic heterocycles. The van der Waals surface area contributed by atoms with E-state index in [9.17, 15) is 0 Å². The van der Waals surface area contributed by atoms with Crippen molar-refractivity contribution in [2.75, 3.05) is 26.2 Å². The summed E-state index contributed by atoms with van der Waals surface area (Å²) in [4.78, 5) is 9.61. The van der Waals surface area contributed by atoms with Gasteiger partial charge in [-0.05, 0) is 25.9 Å². The van der Waals surface area contributed by atoms with Crippen molar-refractivity contribution in [3.05, 3.63) is 16.6 Å². The van der Waals surface area contributed by atoms with Crippen molar-refractivity contribution < 1.29 is 0 Å². The lowest BCUT2D eigenvalue weighted by molar-refractivity contribution is 0.176. The molecule has 0 N–H and O–H groups in total. The summed E-state index contributed by atoms with van der Waals surface area (Å²) in [6.45, 7) is 6.15. The minimum absolute atomic E-state index is 0.813. The second-order valence-corrected chi connectivity index (χ2v) is 5.45. The van der Waals surface area contributed by atoms with Crippen molar-refractivity contribution in [2.24, 2.45) is 0 Å². The fraction of sp³-hybridized carbons (Fsp3) is 0.727. The second-order valence-electron chi connectivity index (χ2n) is 4.47. The van der Waals surface area contributed by atoms with Crippen LogP contribution in [0.5, 0.6) is 0 Å². The van der Waals surface area contributed by atoms with Crippen LogP contribution >= 0.6 is 11.3 Å². The second kappa shape index (κ2) is 4.20. The number of fused-ring (bicyclic) bond motifs is 4. The van der Waals surface area contributed by atoms with Gasteiger partial charge in [0.25, 0.3) is 0 Å². The Balaban J connectivity index is 1.70. The van der Waals surface area contributed by atoms with Crippen LogP contribution in [0, 0.1) is 0 Å². The van der Waals surface area contributed by atoms with Gasteiger partial charge in [-0.15, -0.1) is 11.3 Å². The van der Waals surface area contributed by atoms with Crippen LogP contribution in [0.3, 0.4) is 0 Å². The first kappa shape index (κ1) is 9.75. The van der Waals surface area contributed by atoms with E-state index < -0.39 is 0 Å². The maximum atomic E-state index is 4.39. The molecule has 2 bridgehead atoms. The van der Waals surface area contributed by atoms with E-state index in [1.54, 1.807) is 11.3 Å². The monoisotopic (exact) mass is 223 g/mol. The Bertz CT molecular complexity index is 304. The van der Waals surface area contributed by atoms with E-state index in [4.69, 9.17) is 0 Å². The van der Waals surface area contributed by atoms with Gasteiger partial charge in [0.15, 0.2) is 0 Å². The van der Waals surface area contributed by atoms with Gasteiger partial charge in [0.1, 0.15) is 5.01 Å². The summed E-state index contributed by atoms with van der Waals surface area (Å²) < 4.78 is 0. The topological polar surface area (TPSA) is 19.4 Å². The highest BCUT2D eigenvalue weighted by Crippen LogP contribution is 2.22. The van der Waals surface area contributed by atoms with Crippen LogP contribution in [-0.2, 0) is 6.54 Å². The van der Waals surface area contributed by atoms with Crippen molar-refractivity contribution in [1.82, 2.24) is 14.8 Å². The van der Waals surface area contributed by atoms with Crippen molar-refractivity contribution >= 4 is 11.3 Å². The fourth-order valence-electron chi connectivity index (χ4n) is 2.67. The zero-order valence-electron chi connectivity index (χ0n) is 8.93. The van der Waals surface area contributed by atoms with Crippen LogP contribution < -0.4 is 0 Å². The van der Waals surface area contributed by atoms with Gasteiger partial charge in [-0.2, -0.15) is 0 Å². The molecule has 3 aliphatic rings. The van der Waals surface area contributed by atoms with E-state index in [0.717, 1.165) is 12.6 Å². The van der Waals surface area contributed by atoms with Crippen LogP contribution in [0.4, 0.5) is 0 Å². The van der Waals surface area contributed by atoms with Gasteiger partial charge < -0.3 is 4.90 Å². The summed E-state index contributed by atoms with van der Waals surface area (Å²) in [5.74, 6) is 0. The standard InChI is InChI=1S/C11H17N3S/c1-4-13-5-2-10(1)14(7-6-13)9-11-12-3-8-15-11/h3,8,10H,1-2,4-7,9H2. The van der Waals surface area contributed by atoms with E-state index in [0.29, 0.717) is 0 Å². The molecular formula is C11H17N3S. The smallest absolute Gasteiger partial charge is 0.107 e. The van der Waals surface area contributed by atoms with Crippen LogP contribution in [-0.4, -0.2) is 47.0 Å². The summed E-state index contributed by atoms with van der Waals surface area (Å²) in [5, 5.41) is 3.35. The molecule has 3 nitrogen and oxygen atoms in total. The van der Waals surface area contributed by atoms with E-state index >= 15 is 0 Å². The molecule has 0 amide bonds. The number of thiazole rings is 1. The van der Waals surface area contributed by atoms with Crippen molar-refractivity contribution in [3.8, 4) is 0 Å². The molecule has 0 radical (unpaired) electrons. The Hall–Kier alpha value is -0.450. The van der Waals surface area contributed by atoms with Crippen LogP contribution in [0.25, 0.3) is 0 Å². The van der Waals surface area contributed by atoms with E-state index in [1.165, 1.54) is 44.0 Å². The predicted molar refractivity (Wildman–Crippen MR) is 62.0 cm³/mol. The summed E-state index contributed by atoms with van der Waals surface area (Å²) in [5.41, 5.74) is 0. The summed E-state index contributed by atoms with van der Waals surface area (Å²) >= 11 is 1.78. The number of hydrogen-bond donors (Lipinski definition) is 0. The van der Waals surface area contributed by atoms with Gasteiger partial charge >= 0.3 is 0 Å². The van der Waals surface area contributed by atoms with Gasteiger partial charge in [0, 0.05) is 30.7 Å². The van der Waals surface area contributed by atoms with Gasteiger partial charge in [-0.1, -0.05) is 0 Å². The molecule has 0 spiro atoms. The quantitative estimate of drug-likeness (QED) is 0.756. The number of piperidine rings is 1. The number of hydrogen-bond acceptors (Lipinski definition) is 4. The molecule has 3 fully saturated rings. The Labute approximate surface area is 94.7 Å². The van der Waals surface area contributed by atoms with Gasteiger partial charge in [-0.3, -0.25) is 4.90 Å². The predicted octanol–water partition coefficient (Wildman–Crippen LogP) is 1.42. The minimum atomic E-state index is 0.813. The first-order valence-corrected chi connectivity index (χ1v) is 6.64. The molecule has 82 valence electrons. The largest absolute Gasteiger partial charge is 0.302 e. The molecule has 0 atom stereocenters. The molecular weight excluding hydrogens is 206 g/mol. The molecule has 0 saturated carbocycles. The maximum absolute atomic E-state index is 4.39. The first-order valence-electron chi connectivity index (χ1n) is 5.76. The van der Waals surface area contributed by atoms with E-state index in [2.05, 4.69) is 20.2 Å². The number of rotatable bonds is 2. The Morgan fingerprint density at radius 1 is 1.27 bits per heavy atom. The van der Waals surface area contributed by atoms with Crippen molar-refractivity contribution in [1.29, 1.82) is 0 Å². The third-order valence-electron chi connectivity index (χ3n) is 3.60. The molecule has 0 aromatic carbocycles. The molecule has 0 unspecified atom stereocenters. The Morgan fingerprint density at radius 3 is 2.87 bits per heavy atom. The molecule has 4 rings (SSSR count). The lowest BCUT2D eigenvalue weighted by Gasteiger charge is -2.30. The van der Waals surface area contributed by atoms with Crippen LogP contribution in [0.1, 0.15) is 17.8 Å². The number of aromatic nitrogens is 1. The maximum Gasteiger partial charge on any atom is 0.107 e. The zero-order valence-corrected chi connectivity index (χ0v) is 9.75. The average Bonchev–Trinajstić information content (AvgIpc) is 2.63. The highest BCUT2D eigenvalue weighted by atomic mass is 32.1. The highest BCUT2D eigenvalue weighted by Gasteiger charge is 2.28. The minimum Gasteiger partial charge on any atom is -0.302 e. The van der Waals surface area contributed by atoms with Crippen LogP contribution in [0.2, 0.25) is 0 Å². The lowest BCUT2D eigenvalue weighted by Crippen LogP contribution is -2.37. The molecule has 4 heteroatoms. The van der Waals surface area contributed by atoms with Crippen molar-refractivity contribution in [2.45, 2.75) is 25.4 Å². The molecule has 0 aliphatic carbocycles. The fourth-order valence-corrected chi connectivity index (χ4v) is 3.31.